The van der Waals surface area contributed by atoms with Crippen molar-refractivity contribution in [2.75, 3.05) is 6.54 Å². The van der Waals surface area contributed by atoms with E-state index in [0.717, 1.165) is 5.56 Å². The van der Waals surface area contributed by atoms with E-state index in [1.807, 2.05) is 30.3 Å². The molecule has 0 radical (unpaired) electrons. The molecule has 1 amide bonds. The van der Waals surface area contributed by atoms with Gasteiger partial charge < -0.3 is 11.1 Å². The van der Waals surface area contributed by atoms with Crippen molar-refractivity contribution in [3.63, 3.8) is 0 Å². The average molecular weight is 300 g/mol. The van der Waals surface area contributed by atoms with Crippen LogP contribution < -0.4 is 11.1 Å². The third kappa shape index (κ3) is 4.15. The maximum absolute atomic E-state index is 13.5. The Labute approximate surface area is 130 Å². The average Bonchev–Trinajstić information content (AvgIpc) is 2.56. The zero-order valence-electron chi connectivity index (χ0n) is 12.6. The van der Waals surface area contributed by atoms with Gasteiger partial charge in [-0.25, -0.2) is 4.39 Å². The highest BCUT2D eigenvalue weighted by atomic mass is 19.1. The van der Waals surface area contributed by atoms with Crippen LogP contribution in [-0.4, -0.2) is 12.5 Å². The fourth-order valence-corrected chi connectivity index (χ4v) is 2.31. The van der Waals surface area contributed by atoms with Gasteiger partial charge in [0.2, 0.25) is 5.91 Å². The molecule has 2 atom stereocenters. The lowest BCUT2D eigenvalue weighted by atomic mass is 9.94. The molecule has 0 saturated heterocycles. The zero-order valence-corrected chi connectivity index (χ0v) is 12.6. The molecular weight excluding hydrogens is 279 g/mol. The summed E-state index contributed by atoms with van der Waals surface area (Å²) in [6, 6.07) is 15.8. The summed E-state index contributed by atoms with van der Waals surface area (Å²) in [4.78, 5) is 12.1. The third-order valence-electron chi connectivity index (χ3n) is 3.79. The largest absolute Gasteiger partial charge is 0.355 e. The van der Waals surface area contributed by atoms with E-state index < -0.39 is 0 Å². The second kappa shape index (κ2) is 7.71. The minimum Gasteiger partial charge on any atom is -0.355 e. The Morgan fingerprint density at radius 1 is 1.14 bits per heavy atom. The van der Waals surface area contributed by atoms with Gasteiger partial charge in [-0.2, -0.15) is 0 Å². The Hall–Kier alpha value is -2.20. The first-order valence-corrected chi connectivity index (χ1v) is 7.41. The molecule has 0 aliphatic heterocycles. The fourth-order valence-electron chi connectivity index (χ4n) is 2.31. The number of halogens is 1. The molecule has 2 unspecified atom stereocenters. The van der Waals surface area contributed by atoms with Gasteiger partial charge in [-0.15, -0.1) is 0 Å². The Morgan fingerprint density at radius 3 is 2.45 bits per heavy atom. The van der Waals surface area contributed by atoms with Crippen molar-refractivity contribution in [2.24, 2.45) is 11.7 Å². The van der Waals surface area contributed by atoms with Gasteiger partial charge in [-0.1, -0.05) is 55.5 Å². The SMILES string of the molecule is CC(C(=O)NCCc1ccccc1F)C(N)c1ccccc1. The predicted octanol–water partition coefficient (Wildman–Crippen LogP) is 2.82. The van der Waals surface area contributed by atoms with Crippen LogP contribution in [0, 0.1) is 11.7 Å². The summed E-state index contributed by atoms with van der Waals surface area (Å²) in [5, 5.41) is 2.82. The van der Waals surface area contributed by atoms with E-state index in [4.69, 9.17) is 5.73 Å². The number of amides is 1. The van der Waals surface area contributed by atoms with E-state index in [9.17, 15) is 9.18 Å². The Bertz CT molecular complexity index is 615. The molecule has 0 spiro atoms. The summed E-state index contributed by atoms with van der Waals surface area (Å²) < 4.78 is 13.5. The molecular formula is C18H21FN2O. The van der Waals surface area contributed by atoms with E-state index in [0.29, 0.717) is 18.5 Å². The molecule has 0 fully saturated rings. The van der Waals surface area contributed by atoms with Crippen molar-refractivity contribution in [2.45, 2.75) is 19.4 Å². The number of benzene rings is 2. The van der Waals surface area contributed by atoms with Gasteiger partial charge in [0.25, 0.3) is 0 Å². The van der Waals surface area contributed by atoms with Crippen molar-refractivity contribution in [1.82, 2.24) is 5.32 Å². The van der Waals surface area contributed by atoms with Gasteiger partial charge in [0.1, 0.15) is 5.82 Å². The predicted molar refractivity (Wildman–Crippen MR) is 85.6 cm³/mol. The molecule has 2 aromatic rings. The van der Waals surface area contributed by atoms with Crippen LogP contribution in [0.25, 0.3) is 0 Å². The van der Waals surface area contributed by atoms with E-state index in [-0.39, 0.29) is 23.7 Å². The first kappa shape index (κ1) is 16.2. The molecule has 2 rings (SSSR count). The van der Waals surface area contributed by atoms with E-state index >= 15 is 0 Å². The van der Waals surface area contributed by atoms with Crippen molar-refractivity contribution < 1.29 is 9.18 Å². The van der Waals surface area contributed by atoms with Gasteiger partial charge >= 0.3 is 0 Å². The van der Waals surface area contributed by atoms with E-state index in [1.54, 1.807) is 25.1 Å². The minimum atomic E-state index is -0.352. The highest BCUT2D eigenvalue weighted by molar-refractivity contribution is 5.79. The highest BCUT2D eigenvalue weighted by Gasteiger charge is 2.21. The molecule has 0 heterocycles. The molecule has 2 aromatic carbocycles. The lowest BCUT2D eigenvalue weighted by molar-refractivity contribution is -0.125. The van der Waals surface area contributed by atoms with Crippen LogP contribution in [0.3, 0.4) is 0 Å². The summed E-state index contributed by atoms with van der Waals surface area (Å²) in [5.74, 6) is -0.707. The number of carbonyl (C=O) groups is 1. The summed E-state index contributed by atoms with van der Waals surface area (Å²) in [6.07, 6.45) is 0.464. The number of hydrogen-bond acceptors (Lipinski definition) is 2. The summed E-state index contributed by atoms with van der Waals surface area (Å²) >= 11 is 0. The number of rotatable bonds is 6. The van der Waals surface area contributed by atoms with Crippen molar-refractivity contribution >= 4 is 5.91 Å². The second-order valence-electron chi connectivity index (χ2n) is 5.36. The number of hydrogen-bond donors (Lipinski definition) is 2. The Balaban J connectivity index is 1.85. The Kier molecular flexibility index (Phi) is 5.67. The maximum Gasteiger partial charge on any atom is 0.224 e. The second-order valence-corrected chi connectivity index (χ2v) is 5.36. The molecule has 22 heavy (non-hydrogen) atoms. The van der Waals surface area contributed by atoms with Crippen LogP contribution in [0.5, 0.6) is 0 Å². The quantitative estimate of drug-likeness (QED) is 0.862. The molecule has 0 bridgehead atoms. The van der Waals surface area contributed by atoms with Crippen LogP contribution in [0.4, 0.5) is 4.39 Å². The molecule has 116 valence electrons. The topological polar surface area (TPSA) is 55.1 Å². The fraction of sp³-hybridized carbons (Fsp3) is 0.278. The van der Waals surface area contributed by atoms with E-state index in [1.165, 1.54) is 6.07 Å². The van der Waals surface area contributed by atoms with Crippen molar-refractivity contribution in [3.8, 4) is 0 Å². The molecule has 4 heteroatoms. The maximum atomic E-state index is 13.5. The molecule has 0 saturated carbocycles. The minimum absolute atomic E-state index is 0.118. The van der Waals surface area contributed by atoms with Crippen molar-refractivity contribution in [1.29, 1.82) is 0 Å². The van der Waals surface area contributed by atoms with Crippen LogP contribution in [0.15, 0.2) is 54.6 Å². The lowest BCUT2D eigenvalue weighted by Gasteiger charge is -2.19. The zero-order chi connectivity index (χ0) is 15.9. The summed E-state index contributed by atoms with van der Waals surface area (Å²) in [6.45, 7) is 2.20. The Morgan fingerprint density at radius 2 is 1.77 bits per heavy atom. The number of carbonyl (C=O) groups excluding carboxylic acids is 1. The first-order chi connectivity index (χ1) is 10.6. The van der Waals surface area contributed by atoms with Gasteiger partial charge in [0.15, 0.2) is 0 Å². The lowest BCUT2D eigenvalue weighted by Crippen LogP contribution is -2.36. The molecule has 0 aromatic heterocycles. The normalized spacial score (nSPS) is 13.4. The third-order valence-corrected chi connectivity index (χ3v) is 3.79. The van der Waals surface area contributed by atoms with Gasteiger partial charge in [0.05, 0.1) is 5.92 Å². The summed E-state index contributed by atoms with van der Waals surface area (Å²) in [7, 11) is 0. The molecule has 0 aliphatic rings. The number of nitrogens with one attached hydrogen (secondary N) is 1. The summed E-state index contributed by atoms with van der Waals surface area (Å²) in [5.41, 5.74) is 7.66. The van der Waals surface area contributed by atoms with Gasteiger partial charge in [-0.3, -0.25) is 4.79 Å². The first-order valence-electron chi connectivity index (χ1n) is 7.41. The van der Waals surface area contributed by atoms with Gasteiger partial charge in [0, 0.05) is 12.6 Å². The van der Waals surface area contributed by atoms with Crippen LogP contribution in [0.2, 0.25) is 0 Å². The highest BCUT2D eigenvalue weighted by Crippen LogP contribution is 2.19. The smallest absolute Gasteiger partial charge is 0.224 e. The van der Waals surface area contributed by atoms with Crippen LogP contribution in [-0.2, 0) is 11.2 Å². The van der Waals surface area contributed by atoms with Gasteiger partial charge in [-0.05, 0) is 23.6 Å². The molecule has 0 aliphatic carbocycles. The number of nitrogens with two attached hydrogens (primary N) is 1. The molecule has 3 N–H and O–H groups in total. The van der Waals surface area contributed by atoms with Crippen molar-refractivity contribution in [3.05, 3.63) is 71.5 Å². The van der Waals surface area contributed by atoms with E-state index in [2.05, 4.69) is 5.32 Å². The standard InChI is InChI=1S/C18H21FN2O/c1-13(17(20)15-8-3-2-4-9-15)18(22)21-12-11-14-7-5-6-10-16(14)19/h2-10,13,17H,11-12,20H2,1H3,(H,21,22). The molecule has 3 nitrogen and oxygen atoms in total. The van der Waals surface area contributed by atoms with Crippen LogP contribution in [0.1, 0.15) is 24.1 Å². The van der Waals surface area contributed by atoms with Crippen LogP contribution >= 0.6 is 0 Å². The monoisotopic (exact) mass is 300 g/mol.